The van der Waals surface area contributed by atoms with E-state index in [4.69, 9.17) is 14.2 Å². The van der Waals surface area contributed by atoms with Gasteiger partial charge in [0.2, 0.25) is 5.91 Å². The Bertz CT molecular complexity index is 1620. The number of ether oxygens (including phenoxy) is 3. The van der Waals surface area contributed by atoms with Gasteiger partial charge in [-0.05, 0) is 89.9 Å². The van der Waals surface area contributed by atoms with E-state index in [9.17, 15) is 35.1 Å². The van der Waals surface area contributed by atoms with Crippen LogP contribution in [0.25, 0.3) is 0 Å². The third-order valence-electron chi connectivity index (χ3n) is 16.9. The average Bonchev–Trinajstić information content (AvgIpc) is 3.34. The van der Waals surface area contributed by atoms with Crippen molar-refractivity contribution in [2.45, 2.75) is 384 Å². The summed E-state index contributed by atoms with van der Waals surface area (Å²) < 4.78 is 17.7. The summed E-state index contributed by atoms with van der Waals surface area (Å²) in [6.45, 7) is 5.78. The minimum atomic E-state index is -1.62. The van der Waals surface area contributed by atoms with Gasteiger partial charge in [-0.2, -0.15) is 0 Å². The number of aliphatic hydroxyl groups excluding tert-OH is 5. The second-order valence-corrected chi connectivity index (χ2v) is 25.0. The Balaban J connectivity index is 2.57. The molecule has 1 aliphatic rings. The fourth-order valence-corrected chi connectivity index (χ4v) is 11.2. The molecule has 1 heterocycles. The lowest BCUT2D eigenvalue weighted by Crippen LogP contribution is -2.61. The summed E-state index contributed by atoms with van der Waals surface area (Å²) in [6, 6.07) is -1.03. The number of rotatable bonds is 62. The molecule has 1 rings (SSSR count). The fourth-order valence-electron chi connectivity index (χ4n) is 11.2. The Labute approximate surface area is 522 Å². The van der Waals surface area contributed by atoms with Gasteiger partial charge in [0.25, 0.3) is 0 Å². The first-order chi connectivity index (χ1) is 41.7. The van der Waals surface area contributed by atoms with Crippen molar-refractivity contribution < 1.29 is 49.3 Å². The molecule has 1 fully saturated rings. The summed E-state index contributed by atoms with van der Waals surface area (Å²) in [6.07, 6.45) is 68.3. The van der Waals surface area contributed by atoms with Crippen LogP contribution in [0.5, 0.6) is 0 Å². The van der Waals surface area contributed by atoms with Gasteiger partial charge in [0.1, 0.15) is 24.4 Å². The number of unbranched alkanes of at least 4 members (excludes halogenated alkanes) is 40. The molecule has 0 saturated carbocycles. The number of carbonyl (C=O) groups excluding carboxylic acids is 2. The number of allylic oxidation sites excluding steroid dienone is 9. The smallest absolute Gasteiger partial charge is 0.306 e. The van der Waals surface area contributed by atoms with Crippen LogP contribution in [-0.2, 0) is 23.8 Å². The standard InChI is InChI=1S/C74H135NO10/c1-4-7-10-13-16-19-22-25-27-29-31-32-33-34-35-36-37-39-41-44-47-50-53-56-59-62-69(79)85-72-71(81)70(80)68(63-76)84-74(72)83-64-65(66(77)60-57-54-51-48-45-42-24-21-18-15-12-9-6-3)75-73(82)67(78)61-58-55-52-49-46-43-40-38-30-28-26-23-20-17-14-11-8-5-2/h16-17,19-20,25-28,57,60,65-68,70-72,74,76-78,80-81H,4-15,18,21-24,29-56,58-59,61-64H2,1-3H3,(H,75,82)/b19-16-,20-17-,27-25-,28-26-,60-57+. The molecular weight excluding hydrogens is 1060 g/mol. The fraction of sp³-hybridized carbons (Fsp3) is 0.838. The van der Waals surface area contributed by atoms with E-state index in [-0.39, 0.29) is 19.4 Å². The molecule has 1 saturated heterocycles. The lowest BCUT2D eigenvalue weighted by molar-refractivity contribution is -0.305. The Hall–Kier alpha value is -2.64. The van der Waals surface area contributed by atoms with Crippen molar-refractivity contribution in [3.8, 4) is 0 Å². The lowest BCUT2D eigenvalue weighted by Gasteiger charge is -2.41. The molecule has 1 aliphatic heterocycles. The maximum Gasteiger partial charge on any atom is 0.306 e. The van der Waals surface area contributed by atoms with E-state index < -0.39 is 67.4 Å². The van der Waals surface area contributed by atoms with Crippen molar-refractivity contribution in [1.29, 1.82) is 0 Å². The highest BCUT2D eigenvalue weighted by Gasteiger charge is 2.47. The van der Waals surface area contributed by atoms with Crippen LogP contribution in [0.1, 0.15) is 335 Å². The molecular formula is C74H135NO10. The molecule has 0 aromatic heterocycles. The van der Waals surface area contributed by atoms with E-state index in [1.54, 1.807) is 6.08 Å². The first-order valence-electron chi connectivity index (χ1n) is 36.1. The number of hydrogen-bond donors (Lipinski definition) is 6. The Morgan fingerprint density at radius 3 is 1.22 bits per heavy atom. The number of carbonyl (C=O) groups is 2. The van der Waals surface area contributed by atoms with Gasteiger partial charge >= 0.3 is 5.97 Å². The van der Waals surface area contributed by atoms with Crippen LogP contribution in [0.15, 0.2) is 60.8 Å². The third-order valence-corrected chi connectivity index (χ3v) is 16.9. The van der Waals surface area contributed by atoms with Crippen molar-refractivity contribution in [2.24, 2.45) is 0 Å². The van der Waals surface area contributed by atoms with Crippen LogP contribution in [0, 0.1) is 0 Å². The maximum atomic E-state index is 13.5. The van der Waals surface area contributed by atoms with Gasteiger partial charge in [-0.3, -0.25) is 9.59 Å². The van der Waals surface area contributed by atoms with Crippen LogP contribution in [0.2, 0.25) is 0 Å². The average molecular weight is 1200 g/mol. The summed E-state index contributed by atoms with van der Waals surface area (Å²) in [7, 11) is 0. The highest BCUT2D eigenvalue weighted by molar-refractivity contribution is 5.80. The summed E-state index contributed by atoms with van der Waals surface area (Å²) in [5.74, 6) is -1.19. The van der Waals surface area contributed by atoms with Crippen molar-refractivity contribution in [3.63, 3.8) is 0 Å². The van der Waals surface area contributed by atoms with E-state index >= 15 is 0 Å². The molecule has 0 spiro atoms. The van der Waals surface area contributed by atoms with Crippen molar-refractivity contribution in [2.75, 3.05) is 13.2 Å². The number of nitrogens with one attached hydrogen (secondary N) is 1. The lowest BCUT2D eigenvalue weighted by atomic mass is 9.99. The first kappa shape index (κ1) is 80.4. The second-order valence-electron chi connectivity index (χ2n) is 25.0. The van der Waals surface area contributed by atoms with E-state index in [1.165, 1.54) is 212 Å². The molecule has 8 atom stereocenters. The number of aliphatic hydroxyl groups is 5. The molecule has 8 unspecified atom stereocenters. The predicted molar refractivity (Wildman–Crippen MR) is 356 cm³/mol. The minimum Gasteiger partial charge on any atom is -0.454 e. The summed E-state index contributed by atoms with van der Waals surface area (Å²) in [5.41, 5.74) is 0. The van der Waals surface area contributed by atoms with Crippen LogP contribution in [-0.4, -0.2) is 99.6 Å². The predicted octanol–water partition coefficient (Wildman–Crippen LogP) is 18.5. The molecule has 496 valence electrons. The van der Waals surface area contributed by atoms with Crippen molar-refractivity contribution >= 4 is 11.9 Å². The normalized spacial score (nSPS) is 18.7. The quantitative estimate of drug-likeness (QED) is 0.0195. The van der Waals surface area contributed by atoms with Gasteiger partial charge in [0.05, 0.1) is 25.4 Å². The molecule has 85 heavy (non-hydrogen) atoms. The zero-order valence-electron chi connectivity index (χ0n) is 55.2. The van der Waals surface area contributed by atoms with Crippen LogP contribution < -0.4 is 5.32 Å². The first-order valence-corrected chi connectivity index (χ1v) is 36.1. The van der Waals surface area contributed by atoms with Gasteiger partial charge in [-0.25, -0.2) is 0 Å². The van der Waals surface area contributed by atoms with Gasteiger partial charge in [-0.15, -0.1) is 0 Å². The van der Waals surface area contributed by atoms with Crippen LogP contribution >= 0.6 is 0 Å². The van der Waals surface area contributed by atoms with E-state index in [2.05, 4.69) is 74.7 Å². The molecule has 11 nitrogen and oxygen atoms in total. The highest BCUT2D eigenvalue weighted by Crippen LogP contribution is 2.26. The molecule has 1 amide bonds. The monoisotopic (exact) mass is 1200 g/mol. The molecule has 0 aromatic rings. The van der Waals surface area contributed by atoms with Crippen molar-refractivity contribution in [1.82, 2.24) is 5.32 Å². The number of esters is 1. The number of hydrogen-bond acceptors (Lipinski definition) is 10. The summed E-state index contributed by atoms with van der Waals surface area (Å²) in [4.78, 5) is 26.7. The zero-order chi connectivity index (χ0) is 61.7. The minimum absolute atomic E-state index is 0.124. The topological polar surface area (TPSA) is 175 Å². The van der Waals surface area contributed by atoms with Gasteiger partial charge in [0.15, 0.2) is 12.4 Å². The van der Waals surface area contributed by atoms with E-state index in [0.717, 1.165) is 77.0 Å². The van der Waals surface area contributed by atoms with Crippen LogP contribution in [0.4, 0.5) is 0 Å². The molecule has 6 N–H and O–H groups in total. The molecule has 0 radical (unpaired) electrons. The molecule has 11 heteroatoms. The zero-order valence-corrected chi connectivity index (χ0v) is 55.2. The van der Waals surface area contributed by atoms with E-state index in [0.29, 0.717) is 12.8 Å². The van der Waals surface area contributed by atoms with Gasteiger partial charge < -0.3 is 45.1 Å². The maximum absolute atomic E-state index is 13.5. The Kier molecular flexibility index (Phi) is 58.2. The largest absolute Gasteiger partial charge is 0.454 e. The molecule has 0 aromatic carbocycles. The summed E-state index contributed by atoms with van der Waals surface area (Å²) >= 11 is 0. The van der Waals surface area contributed by atoms with Crippen LogP contribution in [0.3, 0.4) is 0 Å². The number of amides is 1. The van der Waals surface area contributed by atoms with Gasteiger partial charge in [-0.1, -0.05) is 300 Å². The molecule has 0 aliphatic carbocycles. The second kappa shape index (κ2) is 61.6. The Morgan fingerprint density at radius 2 is 0.812 bits per heavy atom. The summed E-state index contributed by atoms with van der Waals surface area (Å²) in [5, 5.41) is 57.3. The van der Waals surface area contributed by atoms with Crippen molar-refractivity contribution in [3.05, 3.63) is 60.8 Å². The SMILES string of the molecule is CCCCC/C=C\C/C=C\CCCCCCCCCCCCCCCCCC(=O)OC1C(OCC(NC(=O)C(O)CCCCCCCCCC/C=C\C/C=C\CCCCC)C(O)/C=C/CCCCCCCCCCCCC)OC(CO)C(O)C1O. The Morgan fingerprint density at radius 1 is 0.459 bits per heavy atom. The third kappa shape index (κ3) is 48.9. The highest BCUT2D eigenvalue weighted by atomic mass is 16.7. The molecule has 0 bridgehead atoms. The van der Waals surface area contributed by atoms with E-state index in [1.807, 2.05) is 6.08 Å². The van der Waals surface area contributed by atoms with Gasteiger partial charge in [0, 0.05) is 6.42 Å².